The van der Waals surface area contributed by atoms with Gasteiger partial charge in [0, 0.05) is 5.92 Å². The Balaban J connectivity index is 1.95. The van der Waals surface area contributed by atoms with Gasteiger partial charge < -0.3 is 9.63 Å². The first-order valence-corrected chi connectivity index (χ1v) is 5.85. The summed E-state index contributed by atoms with van der Waals surface area (Å²) in [6.45, 7) is 1.62. The van der Waals surface area contributed by atoms with Crippen LogP contribution in [0.2, 0.25) is 0 Å². The summed E-state index contributed by atoms with van der Waals surface area (Å²) in [6, 6.07) is 8.35. The molecule has 0 saturated carbocycles. The van der Waals surface area contributed by atoms with E-state index in [1.165, 1.54) is 11.1 Å². The molecule has 1 aromatic carbocycles. The van der Waals surface area contributed by atoms with Crippen molar-refractivity contribution in [3.8, 4) is 0 Å². The molecule has 0 saturated heterocycles. The Kier molecular flexibility index (Phi) is 2.44. The second-order valence-corrected chi connectivity index (χ2v) is 4.46. The number of aliphatic hydroxyl groups is 1. The number of rotatable bonds is 2. The predicted molar refractivity (Wildman–Crippen MR) is 61.5 cm³/mol. The molecule has 17 heavy (non-hydrogen) atoms. The van der Waals surface area contributed by atoms with Crippen LogP contribution in [0.1, 0.15) is 48.2 Å². The summed E-state index contributed by atoms with van der Waals surface area (Å²) >= 11 is 0. The molecular weight excluding hydrogens is 216 g/mol. The van der Waals surface area contributed by atoms with E-state index in [-0.39, 0.29) is 5.92 Å². The molecule has 1 N–H and O–H groups in total. The third kappa shape index (κ3) is 1.74. The van der Waals surface area contributed by atoms with Crippen molar-refractivity contribution in [3.63, 3.8) is 0 Å². The highest BCUT2D eigenvalue weighted by Crippen LogP contribution is 2.36. The Hall–Kier alpha value is -1.68. The van der Waals surface area contributed by atoms with E-state index in [2.05, 4.69) is 28.3 Å². The van der Waals surface area contributed by atoms with Gasteiger partial charge in [0.2, 0.25) is 0 Å². The number of fused-ring (bicyclic) bond motifs is 1. The van der Waals surface area contributed by atoms with Crippen molar-refractivity contribution in [2.75, 3.05) is 0 Å². The van der Waals surface area contributed by atoms with Gasteiger partial charge in [-0.3, -0.25) is 0 Å². The maximum atomic E-state index is 9.38. The molecule has 88 valence electrons. The van der Waals surface area contributed by atoms with Crippen LogP contribution in [0.15, 0.2) is 28.8 Å². The number of hydrogen-bond acceptors (Lipinski definition) is 4. The van der Waals surface area contributed by atoms with E-state index in [0.29, 0.717) is 11.7 Å². The van der Waals surface area contributed by atoms with Gasteiger partial charge in [-0.05, 0) is 30.9 Å². The van der Waals surface area contributed by atoms with Crippen molar-refractivity contribution in [1.29, 1.82) is 0 Å². The quantitative estimate of drug-likeness (QED) is 0.859. The zero-order valence-electron chi connectivity index (χ0n) is 9.63. The average Bonchev–Trinajstić information content (AvgIpc) is 2.95. The molecule has 0 bridgehead atoms. The van der Waals surface area contributed by atoms with Gasteiger partial charge in [-0.2, -0.15) is 4.98 Å². The van der Waals surface area contributed by atoms with Crippen LogP contribution in [0.5, 0.6) is 0 Å². The maximum absolute atomic E-state index is 9.38. The first-order valence-electron chi connectivity index (χ1n) is 5.85. The molecule has 3 rings (SSSR count). The fourth-order valence-corrected chi connectivity index (χ4v) is 2.38. The number of hydrogen-bond donors (Lipinski definition) is 1. The number of aliphatic hydroxyl groups excluding tert-OH is 1. The zero-order chi connectivity index (χ0) is 11.8. The van der Waals surface area contributed by atoms with Crippen LogP contribution >= 0.6 is 0 Å². The van der Waals surface area contributed by atoms with Gasteiger partial charge in [0.1, 0.15) is 6.10 Å². The molecule has 1 heterocycles. The molecule has 0 aliphatic heterocycles. The van der Waals surface area contributed by atoms with E-state index in [9.17, 15) is 5.11 Å². The second kappa shape index (κ2) is 3.96. The molecule has 4 heteroatoms. The molecule has 1 unspecified atom stereocenters. The molecule has 1 aromatic heterocycles. The van der Waals surface area contributed by atoms with Crippen molar-refractivity contribution in [2.45, 2.75) is 31.8 Å². The number of benzene rings is 1. The minimum absolute atomic E-state index is 0.211. The van der Waals surface area contributed by atoms with Crippen LogP contribution in [0.4, 0.5) is 0 Å². The summed E-state index contributed by atoms with van der Waals surface area (Å²) in [6.07, 6.45) is 1.37. The molecule has 2 atom stereocenters. The van der Waals surface area contributed by atoms with Gasteiger partial charge in [0.25, 0.3) is 5.89 Å². The third-order valence-electron chi connectivity index (χ3n) is 3.26. The van der Waals surface area contributed by atoms with E-state index in [1.807, 2.05) is 6.07 Å². The van der Waals surface area contributed by atoms with Gasteiger partial charge in [-0.1, -0.05) is 29.4 Å². The summed E-state index contributed by atoms with van der Waals surface area (Å²) in [5.41, 5.74) is 2.64. The van der Waals surface area contributed by atoms with Crippen molar-refractivity contribution >= 4 is 0 Å². The maximum Gasteiger partial charge on any atom is 0.255 e. The lowest BCUT2D eigenvalue weighted by molar-refractivity contribution is 0.151. The highest BCUT2D eigenvalue weighted by atomic mass is 16.5. The van der Waals surface area contributed by atoms with Gasteiger partial charge in [0.15, 0.2) is 5.82 Å². The summed E-state index contributed by atoms with van der Waals surface area (Å²) < 4.78 is 5.04. The summed E-state index contributed by atoms with van der Waals surface area (Å²) in [5.74, 6) is 1.19. The van der Waals surface area contributed by atoms with Crippen LogP contribution in [-0.4, -0.2) is 15.2 Å². The van der Waals surface area contributed by atoms with Gasteiger partial charge >= 0.3 is 0 Å². The van der Waals surface area contributed by atoms with Gasteiger partial charge in [-0.25, -0.2) is 0 Å². The van der Waals surface area contributed by atoms with Crippen LogP contribution in [0.25, 0.3) is 0 Å². The molecule has 4 nitrogen and oxygen atoms in total. The lowest BCUT2D eigenvalue weighted by Crippen LogP contribution is -1.99. The Morgan fingerprint density at radius 3 is 3.00 bits per heavy atom. The van der Waals surface area contributed by atoms with E-state index >= 15 is 0 Å². The molecule has 0 amide bonds. The SMILES string of the molecule is C[C@H](O)c1nc(C2CCc3ccccc32)no1. The van der Waals surface area contributed by atoms with E-state index in [0.717, 1.165) is 12.8 Å². The first-order chi connectivity index (χ1) is 8.25. The summed E-state index contributed by atoms with van der Waals surface area (Å²) in [7, 11) is 0. The average molecular weight is 230 g/mol. The summed E-state index contributed by atoms with van der Waals surface area (Å²) in [4.78, 5) is 4.26. The molecule has 0 fully saturated rings. The highest BCUT2D eigenvalue weighted by molar-refractivity contribution is 5.38. The largest absolute Gasteiger partial charge is 0.384 e. The smallest absolute Gasteiger partial charge is 0.255 e. The standard InChI is InChI=1S/C13H14N2O2/c1-8(16)13-14-12(15-17-13)11-7-6-9-4-2-3-5-10(9)11/h2-5,8,11,16H,6-7H2,1H3/t8-,11?/m0/s1. The highest BCUT2D eigenvalue weighted by Gasteiger charge is 2.28. The Bertz CT molecular complexity index is 534. The van der Waals surface area contributed by atoms with Crippen molar-refractivity contribution in [1.82, 2.24) is 10.1 Å². The molecule has 0 radical (unpaired) electrons. The Morgan fingerprint density at radius 1 is 1.41 bits per heavy atom. The minimum atomic E-state index is -0.701. The minimum Gasteiger partial charge on any atom is -0.384 e. The van der Waals surface area contributed by atoms with Crippen molar-refractivity contribution in [3.05, 3.63) is 47.1 Å². The Labute approximate surface area is 99.3 Å². The predicted octanol–water partition coefficient (Wildman–Crippen LogP) is 2.20. The molecule has 1 aliphatic carbocycles. The van der Waals surface area contributed by atoms with Gasteiger partial charge in [0.05, 0.1) is 0 Å². The topological polar surface area (TPSA) is 59.2 Å². The number of aromatic nitrogens is 2. The zero-order valence-corrected chi connectivity index (χ0v) is 9.63. The normalized spacial score (nSPS) is 20.2. The number of nitrogens with zero attached hydrogens (tertiary/aromatic N) is 2. The van der Waals surface area contributed by atoms with Crippen LogP contribution in [0, 0.1) is 0 Å². The first kappa shape index (κ1) is 10.5. The van der Waals surface area contributed by atoms with Crippen molar-refractivity contribution in [2.24, 2.45) is 0 Å². The molecule has 2 aromatic rings. The Morgan fingerprint density at radius 2 is 2.24 bits per heavy atom. The van der Waals surface area contributed by atoms with Crippen LogP contribution in [0.3, 0.4) is 0 Å². The van der Waals surface area contributed by atoms with E-state index in [1.54, 1.807) is 6.92 Å². The van der Waals surface area contributed by atoms with E-state index in [4.69, 9.17) is 4.52 Å². The molecule has 0 spiro atoms. The van der Waals surface area contributed by atoms with Crippen LogP contribution < -0.4 is 0 Å². The molecular formula is C13H14N2O2. The van der Waals surface area contributed by atoms with Gasteiger partial charge in [-0.15, -0.1) is 0 Å². The molecule has 1 aliphatic rings. The van der Waals surface area contributed by atoms with Crippen LogP contribution in [-0.2, 0) is 6.42 Å². The fraction of sp³-hybridized carbons (Fsp3) is 0.385. The fourth-order valence-electron chi connectivity index (χ4n) is 2.38. The van der Waals surface area contributed by atoms with E-state index < -0.39 is 6.10 Å². The lowest BCUT2D eigenvalue weighted by Gasteiger charge is -2.05. The lowest BCUT2D eigenvalue weighted by atomic mass is 10.0. The monoisotopic (exact) mass is 230 g/mol. The summed E-state index contributed by atoms with van der Waals surface area (Å²) in [5, 5.41) is 13.4. The number of aryl methyl sites for hydroxylation is 1. The van der Waals surface area contributed by atoms with Crippen molar-refractivity contribution < 1.29 is 9.63 Å². The third-order valence-corrected chi connectivity index (χ3v) is 3.26. The second-order valence-electron chi connectivity index (χ2n) is 4.46.